The SMILES string of the molecule is CC1CC(C)(C)CC12CN=C(N)O2. The highest BCUT2D eigenvalue weighted by Gasteiger charge is 2.52. The first-order valence-electron chi connectivity index (χ1n) is 4.93. The first-order chi connectivity index (χ1) is 5.94. The molecule has 13 heavy (non-hydrogen) atoms. The zero-order chi connectivity index (χ0) is 9.69. The predicted octanol–water partition coefficient (Wildman–Crippen LogP) is 1.53. The van der Waals surface area contributed by atoms with Crippen molar-refractivity contribution in [2.75, 3.05) is 6.54 Å². The second-order valence-corrected chi connectivity index (χ2v) is 5.27. The number of aliphatic imine (C=N–C) groups is 1. The van der Waals surface area contributed by atoms with Crippen molar-refractivity contribution >= 4 is 6.02 Å². The van der Waals surface area contributed by atoms with Crippen molar-refractivity contribution in [2.45, 2.75) is 39.2 Å². The van der Waals surface area contributed by atoms with Crippen LogP contribution in [0, 0.1) is 11.3 Å². The minimum Gasteiger partial charge on any atom is -0.457 e. The molecule has 2 unspecified atom stereocenters. The summed E-state index contributed by atoms with van der Waals surface area (Å²) in [6.45, 7) is 7.57. The third-order valence-electron chi connectivity index (χ3n) is 3.35. The van der Waals surface area contributed by atoms with Gasteiger partial charge >= 0.3 is 0 Å². The standard InChI is InChI=1S/C10H18N2O/c1-7-4-9(2,3)5-10(7)6-12-8(11)13-10/h7H,4-6H2,1-3H3,(H2,11,12). The van der Waals surface area contributed by atoms with E-state index in [0.29, 0.717) is 17.4 Å². The van der Waals surface area contributed by atoms with Gasteiger partial charge in [0.25, 0.3) is 6.02 Å². The van der Waals surface area contributed by atoms with Crippen molar-refractivity contribution in [1.82, 2.24) is 0 Å². The fourth-order valence-corrected chi connectivity index (χ4v) is 2.90. The molecular formula is C10H18N2O. The summed E-state index contributed by atoms with van der Waals surface area (Å²) in [5, 5.41) is 0. The van der Waals surface area contributed by atoms with Crippen molar-refractivity contribution < 1.29 is 4.74 Å². The molecule has 2 N–H and O–H groups in total. The third-order valence-corrected chi connectivity index (χ3v) is 3.35. The highest BCUT2D eigenvalue weighted by molar-refractivity contribution is 5.73. The van der Waals surface area contributed by atoms with Crippen LogP contribution in [0.1, 0.15) is 33.6 Å². The molecule has 0 saturated heterocycles. The minimum absolute atomic E-state index is 0.0758. The fourth-order valence-electron chi connectivity index (χ4n) is 2.90. The van der Waals surface area contributed by atoms with Crippen LogP contribution in [0.15, 0.2) is 4.99 Å². The summed E-state index contributed by atoms with van der Waals surface area (Å²) in [4.78, 5) is 4.16. The number of hydrogen-bond acceptors (Lipinski definition) is 3. The van der Waals surface area contributed by atoms with Crippen LogP contribution in [0.3, 0.4) is 0 Å². The monoisotopic (exact) mass is 182 g/mol. The van der Waals surface area contributed by atoms with Crippen LogP contribution >= 0.6 is 0 Å². The highest BCUT2D eigenvalue weighted by atomic mass is 16.5. The van der Waals surface area contributed by atoms with Crippen molar-refractivity contribution in [3.05, 3.63) is 0 Å². The molecule has 3 heteroatoms. The Hall–Kier alpha value is -0.730. The van der Waals surface area contributed by atoms with Gasteiger partial charge in [-0.15, -0.1) is 0 Å². The predicted molar refractivity (Wildman–Crippen MR) is 52.5 cm³/mol. The Labute approximate surface area is 79.4 Å². The van der Waals surface area contributed by atoms with Gasteiger partial charge in [0.2, 0.25) is 0 Å². The van der Waals surface area contributed by atoms with Crippen LogP contribution in [0.2, 0.25) is 0 Å². The van der Waals surface area contributed by atoms with Gasteiger partial charge in [0.1, 0.15) is 5.60 Å². The molecule has 0 aromatic carbocycles. The Morgan fingerprint density at radius 2 is 2.23 bits per heavy atom. The first kappa shape index (κ1) is 8.85. The maximum atomic E-state index is 5.69. The Bertz CT molecular complexity index is 260. The Morgan fingerprint density at radius 1 is 1.54 bits per heavy atom. The van der Waals surface area contributed by atoms with E-state index < -0.39 is 0 Å². The lowest BCUT2D eigenvalue weighted by atomic mass is 9.89. The molecule has 0 amide bonds. The molecular weight excluding hydrogens is 164 g/mol. The lowest BCUT2D eigenvalue weighted by Gasteiger charge is -2.27. The molecule has 1 saturated carbocycles. The normalized spacial score (nSPS) is 42.1. The molecule has 1 aliphatic carbocycles. The van der Waals surface area contributed by atoms with E-state index in [0.717, 1.165) is 13.0 Å². The summed E-state index contributed by atoms with van der Waals surface area (Å²) in [7, 11) is 0. The van der Waals surface area contributed by atoms with Crippen LogP contribution in [-0.2, 0) is 4.74 Å². The number of nitrogens with two attached hydrogens (primary N) is 1. The summed E-state index contributed by atoms with van der Waals surface area (Å²) in [5.41, 5.74) is 5.87. The second kappa shape index (κ2) is 2.40. The average molecular weight is 182 g/mol. The molecule has 0 bridgehead atoms. The molecule has 2 atom stereocenters. The molecule has 1 fully saturated rings. The largest absolute Gasteiger partial charge is 0.457 e. The highest BCUT2D eigenvalue weighted by Crippen LogP contribution is 2.50. The van der Waals surface area contributed by atoms with Crippen LogP contribution in [0.4, 0.5) is 0 Å². The van der Waals surface area contributed by atoms with Gasteiger partial charge in [-0.1, -0.05) is 20.8 Å². The van der Waals surface area contributed by atoms with Gasteiger partial charge in [-0.25, -0.2) is 4.99 Å². The first-order valence-corrected chi connectivity index (χ1v) is 4.93. The van der Waals surface area contributed by atoms with Crippen LogP contribution < -0.4 is 5.73 Å². The molecule has 74 valence electrons. The van der Waals surface area contributed by atoms with E-state index in [1.54, 1.807) is 0 Å². The number of ether oxygens (including phenoxy) is 1. The maximum absolute atomic E-state index is 5.69. The molecule has 2 rings (SSSR count). The number of rotatable bonds is 0. The topological polar surface area (TPSA) is 47.6 Å². The van der Waals surface area contributed by atoms with Gasteiger partial charge in [-0.05, 0) is 24.2 Å². The van der Waals surface area contributed by atoms with Crippen LogP contribution in [-0.4, -0.2) is 18.2 Å². The lowest BCUT2D eigenvalue weighted by molar-refractivity contribution is 0.0469. The Morgan fingerprint density at radius 3 is 2.62 bits per heavy atom. The number of amidine groups is 1. The molecule has 0 radical (unpaired) electrons. The van der Waals surface area contributed by atoms with E-state index in [4.69, 9.17) is 10.5 Å². The van der Waals surface area contributed by atoms with E-state index in [2.05, 4.69) is 25.8 Å². The van der Waals surface area contributed by atoms with Gasteiger partial charge in [-0.2, -0.15) is 0 Å². The number of hydrogen-bond donors (Lipinski definition) is 1. The van der Waals surface area contributed by atoms with Crippen LogP contribution in [0.5, 0.6) is 0 Å². The quantitative estimate of drug-likeness (QED) is 0.617. The Balaban J connectivity index is 2.18. The molecule has 2 aliphatic rings. The van der Waals surface area contributed by atoms with Crippen molar-refractivity contribution in [3.63, 3.8) is 0 Å². The molecule has 3 nitrogen and oxygen atoms in total. The molecule has 1 spiro atoms. The smallest absolute Gasteiger partial charge is 0.282 e. The van der Waals surface area contributed by atoms with Gasteiger partial charge in [-0.3, -0.25) is 0 Å². The van der Waals surface area contributed by atoms with Gasteiger partial charge in [0.15, 0.2) is 0 Å². The maximum Gasteiger partial charge on any atom is 0.282 e. The molecule has 0 aromatic heterocycles. The average Bonchev–Trinajstić information content (AvgIpc) is 2.39. The van der Waals surface area contributed by atoms with Gasteiger partial charge < -0.3 is 10.5 Å². The number of nitrogens with zero attached hydrogens (tertiary/aromatic N) is 1. The van der Waals surface area contributed by atoms with Gasteiger partial charge in [0, 0.05) is 0 Å². The zero-order valence-electron chi connectivity index (χ0n) is 8.63. The van der Waals surface area contributed by atoms with E-state index in [1.165, 1.54) is 6.42 Å². The summed E-state index contributed by atoms with van der Waals surface area (Å²) in [5.74, 6) is 0.562. The third kappa shape index (κ3) is 1.30. The van der Waals surface area contributed by atoms with E-state index in [1.807, 2.05) is 0 Å². The fraction of sp³-hybridized carbons (Fsp3) is 0.900. The van der Waals surface area contributed by atoms with Crippen molar-refractivity contribution in [3.8, 4) is 0 Å². The van der Waals surface area contributed by atoms with E-state index >= 15 is 0 Å². The van der Waals surface area contributed by atoms with Crippen molar-refractivity contribution in [2.24, 2.45) is 22.1 Å². The zero-order valence-corrected chi connectivity index (χ0v) is 8.63. The molecule has 1 heterocycles. The van der Waals surface area contributed by atoms with Crippen molar-refractivity contribution in [1.29, 1.82) is 0 Å². The van der Waals surface area contributed by atoms with Crippen LogP contribution in [0.25, 0.3) is 0 Å². The van der Waals surface area contributed by atoms with E-state index in [9.17, 15) is 0 Å². The lowest BCUT2D eigenvalue weighted by Crippen LogP contribution is -2.37. The summed E-state index contributed by atoms with van der Waals surface area (Å²) in [6, 6.07) is 0.379. The Kier molecular flexibility index (Phi) is 1.63. The molecule has 1 aliphatic heterocycles. The minimum atomic E-state index is -0.0758. The molecule has 0 aromatic rings. The van der Waals surface area contributed by atoms with Gasteiger partial charge in [0.05, 0.1) is 6.54 Å². The summed E-state index contributed by atoms with van der Waals surface area (Å²) in [6.07, 6.45) is 2.28. The second-order valence-electron chi connectivity index (χ2n) is 5.27. The van der Waals surface area contributed by atoms with E-state index in [-0.39, 0.29) is 5.60 Å². The summed E-state index contributed by atoms with van der Waals surface area (Å²) >= 11 is 0. The summed E-state index contributed by atoms with van der Waals surface area (Å²) < 4.78 is 5.69.